The van der Waals surface area contributed by atoms with E-state index in [2.05, 4.69) is 190 Å². The van der Waals surface area contributed by atoms with Gasteiger partial charge in [-0.25, -0.2) is 0 Å². The maximum Gasteiger partial charge on any atom is 0.0462 e. The maximum atomic E-state index is 2.37. The van der Waals surface area contributed by atoms with Crippen LogP contribution >= 0.6 is 22.6 Å². The van der Waals surface area contributed by atoms with Crippen LogP contribution in [0.3, 0.4) is 0 Å². The number of anilines is 3. The second-order valence-corrected chi connectivity index (χ2v) is 13.8. The van der Waals surface area contributed by atoms with Crippen LogP contribution in [0.25, 0.3) is 22.3 Å². The van der Waals surface area contributed by atoms with Crippen LogP contribution in [0.1, 0.15) is 52.7 Å². The number of benzene rings is 5. The summed E-state index contributed by atoms with van der Waals surface area (Å²) in [5, 5.41) is 0. The molecule has 0 atom stereocenters. The van der Waals surface area contributed by atoms with Crippen LogP contribution in [0, 0.1) is 3.57 Å². The summed E-state index contributed by atoms with van der Waals surface area (Å²) >= 11 is 2.37. The highest BCUT2D eigenvalue weighted by molar-refractivity contribution is 14.1. The van der Waals surface area contributed by atoms with Crippen molar-refractivity contribution < 1.29 is 0 Å². The molecule has 1 nitrogen and oxygen atoms in total. The van der Waals surface area contributed by atoms with Crippen molar-refractivity contribution in [3.05, 3.63) is 136 Å². The minimum Gasteiger partial charge on any atom is -0.311 e. The molecule has 5 aromatic carbocycles. The molecule has 0 spiro atoms. The van der Waals surface area contributed by atoms with Gasteiger partial charge in [0.1, 0.15) is 0 Å². The summed E-state index contributed by atoms with van der Waals surface area (Å²) in [5.41, 5.74) is 11.4. The molecule has 0 bridgehead atoms. The fourth-order valence-electron chi connectivity index (χ4n) is 4.97. The van der Waals surface area contributed by atoms with Gasteiger partial charge in [-0.05, 0) is 115 Å². The van der Waals surface area contributed by atoms with E-state index in [1.54, 1.807) is 0 Å². The molecule has 0 saturated heterocycles. The van der Waals surface area contributed by atoms with Crippen LogP contribution in [-0.4, -0.2) is 0 Å². The Morgan fingerprint density at radius 3 is 0.900 bits per heavy atom. The number of rotatable bonds is 5. The first kappa shape index (κ1) is 28.2. The van der Waals surface area contributed by atoms with E-state index in [4.69, 9.17) is 0 Å². The van der Waals surface area contributed by atoms with Crippen LogP contribution in [0.4, 0.5) is 17.1 Å². The van der Waals surface area contributed by atoms with Crippen LogP contribution in [-0.2, 0) is 10.8 Å². The molecule has 0 unspecified atom stereocenters. The zero-order valence-corrected chi connectivity index (χ0v) is 26.5. The third-order valence-electron chi connectivity index (χ3n) is 7.50. The third kappa shape index (κ3) is 6.33. The van der Waals surface area contributed by atoms with Gasteiger partial charge < -0.3 is 4.90 Å². The van der Waals surface area contributed by atoms with E-state index in [9.17, 15) is 0 Å². The Labute approximate surface area is 254 Å². The minimum atomic E-state index is 0.155. The van der Waals surface area contributed by atoms with E-state index >= 15 is 0 Å². The molecule has 0 amide bonds. The fourth-order valence-corrected chi connectivity index (χ4v) is 5.33. The van der Waals surface area contributed by atoms with Gasteiger partial charge in [-0.1, -0.05) is 114 Å². The van der Waals surface area contributed by atoms with Gasteiger partial charge in [0, 0.05) is 20.6 Å². The van der Waals surface area contributed by atoms with Gasteiger partial charge in [-0.2, -0.15) is 0 Å². The lowest BCUT2D eigenvalue weighted by atomic mass is 9.86. The average molecular weight is 636 g/mol. The second-order valence-electron chi connectivity index (χ2n) is 12.6. The van der Waals surface area contributed by atoms with Gasteiger partial charge in [0.25, 0.3) is 0 Å². The third-order valence-corrected chi connectivity index (χ3v) is 8.22. The molecule has 2 heteroatoms. The summed E-state index contributed by atoms with van der Waals surface area (Å²) in [5.74, 6) is 0. The van der Waals surface area contributed by atoms with Crippen LogP contribution in [0.15, 0.2) is 121 Å². The minimum absolute atomic E-state index is 0.155. The molecule has 40 heavy (non-hydrogen) atoms. The Morgan fingerprint density at radius 1 is 0.375 bits per heavy atom. The molecular formula is C38H38IN. The van der Waals surface area contributed by atoms with Crippen molar-refractivity contribution in [2.45, 2.75) is 52.4 Å². The summed E-state index contributed by atoms with van der Waals surface area (Å²) in [4.78, 5) is 2.33. The number of hydrogen-bond donors (Lipinski definition) is 0. The highest BCUT2D eigenvalue weighted by Crippen LogP contribution is 2.37. The Kier molecular flexibility index (Phi) is 7.92. The lowest BCUT2D eigenvalue weighted by molar-refractivity contribution is 0.590. The Bertz CT molecular complexity index is 1450. The Balaban J connectivity index is 1.46. The van der Waals surface area contributed by atoms with Crippen molar-refractivity contribution in [2.75, 3.05) is 4.90 Å². The summed E-state index contributed by atoms with van der Waals surface area (Å²) < 4.78 is 1.23. The van der Waals surface area contributed by atoms with Gasteiger partial charge in [0.05, 0.1) is 0 Å². The highest BCUT2D eigenvalue weighted by Gasteiger charge is 2.16. The van der Waals surface area contributed by atoms with Crippen LogP contribution < -0.4 is 4.90 Å². The zero-order valence-electron chi connectivity index (χ0n) is 24.4. The van der Waals surface area contributed by atoms with E-state index < -0.39 is 0 Å². The summed E-state index contributed by atoms with van der Waals surface area (Å²) in [6.45, 7) is 13.5. The van der Waals surface area contributed by atoms with Gasteiger partial charge in [0.2, 0.25) is 0 Å². The SMILES string of the molecule is CC(C)(C)c1ccc(-c2ccc(N(c3ccc(I)cc3)c3ccc(-c4ccc(C(C)(C)C)cc4)cc3)cc2)cc1. The predicted molar refractivity (Wildman–Crippen MR) is 182 cm³/mol. The second kappa shape index (κ2) is 11.2. The molecule has 5 aromatic rings. The lowest BCUT2D eigenvalue weighted by Gasteiger charge is -2.26. The monoisotopic (exact) mass is 635 g/mol. The molecule has 0 fully saturated rings. The highest BCUT2D eigenvalue weighted by atomic mass is 127. The molecule has 0 N–H and O–H groups in total. The van der Waals surface area contributed by atoms with E-state index in [1.807, 2.05) is 0 Å². The van der Waals surface area contributed by atoms with Crippen molar-refractivity contribution in [1.29, 1.82) is 0 Å². The molecule has 5 rings (SSSR count). The maximum absolute atomic E-state index is 2.37. The zero-order chi connectivity index (χ0) is 28.5. The molecule has 0 heterocycles. The topological polar surface area (TPSA) is 3.24 Å². The largest absolute Gasteiger partial charge is 0.311 e. The summed E-state index contributed by atoms with van der Waals surface area (Å²) in [7, 11) is 0. The predicted octanol–water partition coefficient (Wildman–Crippen LogP) is 11.7. The van der Waals surface area contributed by atoms with Crippen LogP contribution in [0.5, 0.6) is 0 Å². The fraction of sp³-hybridized carbons (Fsp3) is 0.211. The van der Waals surface area contributed by atoms with Gasteiger partial charge in [0.15, 0.2) is 0 Å². The van der Waals surface area contributed by atoms with Gasteiger partial charge in [-0.3, -0.25) is 0 Å². The quantitative estimate of drug-likeness (QED) is 0.174. The molecule has 0 aliphatic carbocycles. The first-order valence-electron chi connectivity index (χ1n) is 14.0. The Morgan fingerprint density at radius 2 is 0.625 bits per heavy atom. The number of nitrogens with zero attached hydrogens (tertiary/aromatic N) is 1. The Hall–Kier alpha value is -3.37. The molecular weight excluding hydrogens is 597 g/mol. The van der Waals surface area contributed by atoms with Crippen molar-refractivity contribution in [3.63, 3.8) is 0 Å². The number of halogens is 1. The van der Waals surface area contributed by atoms with Crippen molar-refractivity contribution in [3.8, 4) is 22.3 Å². The van der Waals surface area contributed by atoms with E-state index in [0.29, 0.717) is 0 Å². The standard InChI is InChI=1S/C38H38IN/c1-37(2,3)31-15-7-27(8-16-31)29-11-21-34(22-12-29)40(36-25-19-33(39)20-26-36)35-23-13-30(14-24-35)28-9-17-32(18-10-28)38(4,5)6/h7-26H,1-6H3. The summed E-state index contributed by atoms with van der Waals surface area (Å²) in [6, 6.07) is 44.5. The van der Waals surface area contributed by atoms with E-state index in [1.165, 1.54) is 37.0 Å². The van der Waals surface area contributed by atoms with Crippen molar-refractivity contribution >= 4 is 39.7 Å². The van der Waals surface area contributed by atoms with Crippen LogP contribution in [0.2, 0.25) is 0 Å². The molecule has 0 saturated carbocycles. The van der Waals surface area contributed by atoms with Crippen molar-refractivity contribution in [1.82, 2.24) is 0 Å². The molecule has 0 aliphatic rings. The smallest absolute Gasteiger partial charge is 0.0462 e. The first-order chi connectivity index (χ1) is 19.0. The van der Waals surface area contributed by atoms with Crippen molar-refractivity contribution in [2.24, 2.45) is 0 Å². The van der Waals surface area contributed by atoms with Gasteiger partial charge >= 0.3 is 0 Å². The first-order valence-corrected chi connectivity index (χ1v) is 15.0. The lowest BCUT2D eigenvalue weighted by Crippen LogP contribution is -2.10. The number of hydrogen-bond acceptors (Lipinski definition) is 1. The molecule has 0 aliphatic heterocycles. The molecule has 0 radical (unpaired) electrons. The molecule has 202 valence electrons. The summed E-state index contributed by atoms with van der Waals surface area (Å²) in [6.07, 6.45) is 0. The average Bonchev–Trinajstić information content (AvgIpc) is 2.94. The van der Waals surface area contributed by atoms with Gasteiger partial charge in [-0.15, -0.1) is 0 Å². The molecule has 0 aromatic heterocycles. The van der Waals surface area contributed by atoms with E-state index in [-0.39, 0.29) is 10.8 Å². The van der Waals surface area contributed by atoms with E-state index in [0.717, 1.165) is 17.1 Å². The normalized spacial score (nSPS) is 11.9.